The van der Waals surface area contributed by atoms with E-state index < -0.39 is 54.7 Å². The van der Waals surface area contributed by atoms with E-state index in [-0.39, 0.29) is 0 Å². The predicted molar refractivity (Wildman–Crippen MR) is 111 cm³/mol. The zero-order chi connectivity index (χ0) is 22.8. The zero-order valence-corrected chi connectivity index (χ0v) is 19.0. The van der Waals surface area contributed by atoms with Gasteiger partial charge in [0.05, 0.1) is 0 Å². The number of rotatable bonds is 9. The Balaban J connectivity index is 3.25. The van der Waals surface area contributed by atoms with Crippen LogP contribution in [-0.4, -0.2) is 54.7 Å². The Labute approximate surface area is 186 Å². The first kappa shape index (κ1) is 25.3. The average Bonchev–Trinajstić information content (AvgIpc) is 2.62. The van der Waals surface area contributed by atoms with Crippen LogP contribution in [0, 0.1) is 3.57 Å². The van der Waals surface area contributed by atoms with E-state index >= 15 is 0 Å². The van der Waals surface area contributed by atoms with Crippen molar-refractivity contribution in [1.82, 2.24) is 0 Å². The maximum Gasteiger partial charge on any atom is 0.303 e. The number of esters is 4. The summed E-state index contributed by atoms with van der Waals surface area (Å²) in [4.78, 5) is 58.8. The van der Waals surface area contributed by atoms with E-state index in [1.807, 2.05) is 0 Å². The summed E-state index contributed by atoms with van der Waals surface area (Å²) in [6.45, 7) is 3.80. The molecule has 0 aliphatic carbocycles. The molecular formula is C19H22INO9. The topological polar surface area (TPSA) is 134 Å². The van der Waals surface area contributed by atoms with Crippen LogP contribution >= 0.6 is 22.6 Å². The molecule has 0 spiro atoms. The summed E-state index contributed by atoms with van der Waals surface area (Å²) in [6, 6.07) is 6.72. The Morgan fingerprint density at radius 3 is 1.83 bits per heavy atom. The van der Waals surface area contributed by atoms with Crippen molar-refractivity contribution in [2.75, 3.05) is 11.9 Å². The minimum absolute atomic E-state index is 0.392. The van der Waals surface area contributed by atoms with Crippen LogP contribution in [0.25, 0.3) is 0 Å². The van der Waals surface area contributed by atoms with Gasteiger partial charge in [-0.1, -0.05) is 0 Å². The van der Waals surface area contributed by atoms with Crippen molar-refractivity contribution < 1.29 is 42.9 Å². The predicted octanol–water partition coefficient (Wildman–Crippen LogP) is 1.59. The molecule has 1 aromatic carbocycles. The molecule has 0 aliphatic rings. The Hall–Kier alpha value is -2.70. The van der Waals surface area contributed by atoms with Crippen LogP contribution in [0.4, 0.5) is 5.69 Å². The Kier molecular flexibility index (Phi) is 10.2. The number of amides is 1. The quantitative estimate of drug-likeness (QED) is 0.284. The van der Waals surface area contributed by atoms with Crippen molar-refractivity contribution >= 4 is 58.1 Å². The van der Waals surface area contributed by atoms with Crippen molar-refractivity contribution in [2.24, 2.45) is 0 Å². The molecule has 30 heavy (non-hydrogen) atoms. The molecule has 1 N–H and O–H groups in total. The Morgan fingerprint density at radius 2 is 1.37 bits per heavy atom. The maximum atomic E-state index is 12.9. The molecule has 0 unspecified atom stereocenters. The number of nitrogens with one attached hydrogen (secondary N) is 1. The van der Waals surface area contributed by atoms with Crippen molar-refractivity contribution in [2.45, 2.75) is 46.0 Å². The molecule has 0 saturated carbocycles. The summed E-state index contributed by atoms with van der Waals surface area (Å²) < 4.78 is 21.1. The van der Waals surface area contributed by atoms with Gasteiger partial charge < -0.3 is 24.3 Å². The molecule has 0 saturated heterocycles. The van der Waals surface area contributed by atoms with Crippen LogP contribution in [0.2, 0.25) is 0 Å². The Morgan fingerprint density at radius 1 is 0.833 bits per heavy atom. The third kappa shape index (κ3) is 9.20. The summed E-state index contributed by atoms with van der Waals surface area (Å²) in [5, 5.41) is 2.54. The molecule has 0 aliphatic heterocycles. The van der Waals surface area contributed by atoms with Crippen LogP contribution in [0.5, 0.6) is 0 Å². The number of carbonyl (C=O) groups is 5. The van der Waals surface area contributed by atoms with E-state index in [1.54, 1.807) is 24.3 Å². The average molecular weight is 535 g/mol. The van der Waals surface area contributed by atoms with E-state index in [4.69, 9.17) is 18.9 Å². The molecule has 0 radical (unpaired) electrons. The molecule has 0 bridgehead atoms. The molecule has 0 fully saturated rings. The van der Waals surface area contributed by atoms with Gasteiger partial charge in [-0.15, -0.1) is 0 Å². The lowest BCUT2D eigenvalue weighted by Crippen LogP contribution is -2.52. The lowest BCUT2D eigenvalue weighted by atomic mass is 10.1. The second-order valence-electron chi connectivity index (χ2n) is 6.05. The van der Waals surface area contributed by atoms with Crippen molar-refractivity contribution in [3.8, 4) is 0 Å². The number of hydrogen-bond donors (Lipinski definition) is 1. The van der Waals surface area contributed by atoms with Crippen LogP contribution < -0.4 is 5.32 Å². The summed E-state index contributed by atoms with van der Waals surface area (Å²) in [7, 11) is 0. The first-order chi connectivity index (χ1) is 14.0. The SMILES string of the molecule is CC(=O)OC[C@H](OC(C)=O)[C@@H](OC(C)=O)[C@H](OC(C)=O)C(=O)Nc1ccc(I)cc1. The lowest BCUT2D eigenvalue weighted by molar-refractivity contribution is -0.190. The minimum atomic E-state index is -1.69. The highest BCUT2D eigenvalue weighted by atomic mass is 127. The van der Waals surface area contributed by atoms with Gasteiger partial charge in [-0.25, -0.2) is 0 Å². The lowest BCUT2D eigenvalue weighted by Gasteiger charge is -2.30. The van der Waals surface area contributed by atoms with Crippen LogP contribution in [-0.2, 0) is 42.9 Å². The van der Waals surface area contributed by atoms with Gasteiger partial charge in [0.15, 0.2) is 12.2 Å². The molecule has 164 valence electrons. The first-order valence-corrected chi connectivity index (χ1v) is 9.79. The number of benzene rings is 1. The summed E-state index contributed by atoms with van der Waals surface area (Å²) in [5.74, 6) is -3.99. The van der Waals surface area contributed by atoms with Crippen molar-refractivity contribution in [1.29, 1.82) is 0 Å². The minimum Gasteiger partial charge on any atom is -0.462 e. The van der Waals surface area contributed by atoms with E-state index in [2.05, 4.69) is 27.9 Å². The molecule has 11 heteroatoms. The molecule has 1 amide bonds. The monoisotopic (exact) mass is 535 g/mol. The van der Waals surface area contributed by atoms with E-state index in [0.717, 1.165) is 31.3 Å². The smallest absolute Gasteiger partial charge is 0.303 e. The van der Waals surface area contributed by atoms with Gasteiger partial charge in [0.2, 0.25) is 6.10 Å². The highest BCUT2D eigenvalue weighted by molar-refractivity contribution is 14.1. The molecule has 1 rings (SSSR count). The second-order valence-corrected chi connectivity index (χ2v) is 7.30. The van der Waals surface area contributed by atoms with Gasteiger partial charge in [0.25, 0.3) is 5.91 Å². The van der Waals surface area contributed by atoms with Crippen molar-refractivity contribution in [3.05, 3.63) is 27.8 Å². The van der Waals surface area contributed by atoms with E-state index in [0.29, 0.717) is 5.69 Å². The summed E-state index contributed by atoms with van der Waals surface area (Å²) >= 11 is 2.09. The highest BCUT2D eigenvalue weighted by Gasteiger charge is 2.42. The van der Waals surface area contributed by atoms with Gasteiger partial charge >= 0.3 is 23.9 Å². The molecule has 3 atom stereocenters. The third-order valence-corrected chi connectivity index (χ3v) is 4.12. The standard InChI is InChI=1S/C19H22INO9/c1-10(22)27-9-16(28-11(2)23)17(29-12(3)24)18(30-13(4)25)19(26)21-15-7-5-14(20)6-8-15/h5-8,16-18H,9H2,1-4H3,(H,21,26)/t16-,17+,18-/m0/s1. The van der Waals surface area contributed by atoms with Gasteiger partial charge in [-0.3, -0.25) is 24.0 Å². The molecule has 0 aromatic heterocycles. The van der Waals surface area contributed by atoms with Crippen LogP contribution in [0.15, 0.2) is 24.3 Å². The number of anilines is 1. The molecular weight excluding hydrogens is 513 g/mol. The number of carbonyl (C=O) groups excluding carboxylic acids is 5. The largest absolute Gasteiger partial charge is 0.462 e. The summed E-state index contributed by atoms with van der Waals surface area (Å²) in [5.41, 5.74) is 0.392. The molecule has 1 aromatic rings. The van der Waals surface area contributed by atoms with Crippen LogP contribution in [0.1, 0.15) is 27.7 Å². The Bertz CT molecular complexity index is 794. The normalized spacial score (nSPS) is 13.2. The van der Waals surface area contributed by atoms with E-state index in [1.165, 1.54) is 0 Å². The number of ether oxygens (including phenoxy) is 4. The van der Waals surface area contributed by atoms with Crippen molar-refractivity contribution in [3.63, 3.8) is 0 Å². The van der Waals surface area contributed by atoms with Gasteiger partial charge in [0.1, 0.15) is 6.61 Å². The molecule has 0 heterocycles. The highest BCUT2D eigenvalue weighted by Crippen LogP contribution is 2.18. The first-order valence-electron chi connectivity index (χ1n) is 8.71. The molecule has 10 nitrogen and oxygen atoms in total. The van der Waals surface area contributed by atoms with Crippen LogP contribution in [0.3, 0.4) is 0 Å². The third-order valence-electron chi connectivity index (χ3n) is 3.40. The van der Waals surface area contributed by atoms with Gasteiger partial charge in [0, 0.05) is 37.0 Å². The zero-order valence-electron chi connectivity index (χ0n) is 16.8. The van der Waals surface area contributed by atoms with Gasteiger partial charge in [-0.2, -0.15) is 0 Å². The maximum absolute atomic E-state index is 12.9. The number of halogens is 1. The van der Waals surface area contributed by atoms with E-state index in [9.17, 15) is 24.0 Å². The fraction of sp³-hybridized carbons (Fsp3) is 0.421. The van der Waals surface area contributed by atoms with Gasteiger partial charge in [-0.05, 0) is 46.9 Å². The fourth-order valence-corrected chi connectivity index (χ4v) is 2.69. The fourth-order valence-electron chi connectivity index (χ4n) is 2.33. The summed E-state index contributed by atoms with van der Waals surface area (Å²) in [6.07, 6.45) is -4.66. The number of hydrogen-bond acceptors (Lipinski definition) is 9. The second kappa shape index (κ2) is 12.1.